The number of hydrogen-bond donors (Lipinski definition) is 0. The Kier molecular flexibility index (Phi) is 10.4. The first-order chi connectivity index (χ1) is 25.3. The van der Waals surface area contributed by atoms with E-state index in [0.717, 1.165) is 56.1 Å². The third-order valence-corrected chi connectivity index (χ3v) is 20.9. The van der Waals surface area contributed by atoms with E-state index < -0.39 is 28.3 Å². The molecule has 0 spiro atoms. The van der Waals surface area contributed by atoms with Gasteiger partial charge in [0, 0.05) is 24.6 Å². The topological polar surface area (TPSA) is 59.1 Å². The molecule has 0 radical (unpaired) electrons. The first-order valence-electron chi connectivity index (χ1n) is 21.0. The predicted octanol–water partition coefficient (Wildman–Crippen LogP) is 10.4. The molecule has 0 unspecified atom stereocenters. The minimum Gasteiger partial charge on any atom is -0.414 e. The lowest BCUT2D eigenvalue weighted by Gasteiger charge is -2.62. The van der Waals surface area contributed by atoms with Crippen LogP contribution in [0.1, 0.15) is 97.1 Å². The third kappa shape index (κ3) is 6.93. The number of fused-ring (bicyclic) bond motifs is 5. The highest BCUT2D eigenvalue weighted by molar-refractivity contribution is 6.74. The third-order valence-electron chi connectivity index (χ3n) is 15.4. The van der Waals surface area contributed by atoms with Crippen LogP contribution in [0.4, 0.5) is 0 Å². The molecule has 8 atom stereocenters. The van der Waals surface area contributed by atoms with Crippen LogP contribution >= 0.6 is 0 Å². The largest absolute Gasteiger partial charge is 0.414 e. The second kappa shape index (κ2) is 14.1. The molecular weight excluding hydrogens is 701 g/mol. The van der Waals surface area contributed by atoms with Crippen LogP contribution in [0.3, 0.4) is 0 Å². The molecule has 4 fully saturated rings. The minimum atomic E-state index is -2.23. The van der Waals surface area contributed by atoms with Crippen molar-refractivity contribution in [2.24, 2.45) is 28.6 Å². The van der Waals surface area contributed by atoms with Crippen molar-refractivity contribution < 1.29 is 18.4 Å². The summed E-state index contributed by atoms with van der Waals surface area (Å²) < 4.78 is 14.7. The molecule has 0 aromatic heterocycles. The highest BCUT2D eigenvalue weighted by Crippen LogP contribution is 2.69. The zero-order valence-corrected chi connectivity index (χ0v) is 37.0. The fourth-order valence-corrected chi connectivity index (χ4v) is 14.6. The van der Waals surface area contributed by atoms with Crippen LogP contribution in [-0.4, -0.2) is 62.5 Å². The van der Waals surface area contributed by atoms with E-state index in [0.29, 0.717) is 36.9 Å². The number of nitrogens with zero attached hydrogens (tertiary/aromatic N) is 2. The molecule has 8 heteroatoms. The molecule has 2 aromatic carbocycles. The summed E-state index contributed by atoms with van der Waals surface area (Å²) in [6, 6.07) is 19.7. The lowest BCUT2D eigenvalue weighted by Crippen LogP contribution is -2.73. The van der Waals surface area contributed by atoms with Gasteiger partial charge < -0.3 is 18.7 Å². The van der Waals surface area contributed by atoms with Gasteiger partial charge in [-0.25, -0.2) is 0 Å². The Morgan fingerprint density at radius 1 is 0.796 bits per heavy atom. The van der Waals surface area contributed by atoms with E-state index in [1.807, 2.05) is 46.2 Å². The van der Waals surface area contributed by atoms with Gasteiger partial charge in [0.1, 0.15) is 12.6 Å². The maximum absolute atomic E-state index is 15.3. The van der Waals surface area contributed by atoms with E-state index in [-0.39, 0.29) is 34.2 Å². The molecule has 1 saturated heterocycles. The van der Waals surface area contributed by atoms with E-state index in [9.17, 15) is 4.79 Å². The number of carbonyl (C=O) groups excluding carboxylic acids is 2. The quantitative estimate of drug-likeness (QED) is 0.188. The number of rotatable bonds is 9. The number of benzene rings is 2. The fourth-order valence-electron chi connectivity index (χ4n) is 11.7. The van der Waals surface area contributed by atoms with Gasteiger partial charge in [0.25, 0.3) is 0 Å². The Labute approximate surface area is 328 Å². The van der Waals surface area contributed by atoms with Crippen molar-refractivity contribution in [2.75, 3.05) is 6.54 Å². The maximum Gasteiger partial charge on any atom is 0.249 e. The zero-order chi connectivity index (χ0) is 38.9. The van der Waals surface area contributed by atoms with E-state index in [2.05, 4.69) is 97.7 Å². The van der Waals surface area contributed by atoms with E-state index in [1.54, 1.807) is 5.57 Å². The van der Waals surface area contributed by atoms with Gasteiger partial charge in [-0.05, 0) is 123 Å². The van der Waals surface area contributed by atoms with Gasteiger partial charge in [0.05, 0.1) is 5.60 Å². The van der Waals surface area contributed by atoms with Crippen molar-refractivity contribution in [2.45, 2.75) is 155 Å². The standard InChI is InChI=1S/C46H68N2O4Si2/c1-43(2,3)54(9,10)51-36-23-26-44(4)35(29-36)21-22-37-38(44)24-27-45(5)39(37)25-28-46(45,52-53(6,7)8)41-42(50)47(30-33-17-13-11-14-18-33)32-40(49)48(41)31-34-19-15-12-16-20-34/h11-21,36-39,41H,22-32H2,1-10H3/t36-,37+,38-,39-,41+,44-,45-,46-/m0/s1. The zero-order valence-electron chi connectivity index (χ0n) is 35.0. The Balaban J connectivity index is 1.25. The fraction of sp³-hybridized carbons (Fsp3) is 0.652. The Morgan fingerprint density at radius 2 is 1.41 bits per heavy atom. The number of carbonyl (C=O) groups is 2. The van der Waals surface area contributed by atoms with Crippen molar-refractivity contribution in [1.82, 2.24) is 9.80 Å². The molecule has 6 nitrogen and oxygen atoms in total. The number of piperazine rings is 1. The molecule has 2 amide bonds. The van der Waals surface area contributed by atoms with Crippen LogP contribution in [0.5, 0.6) is 0 Å². The smallest absolute Gasteiger partial charge is 0.249 e. The molecule has 54 heavy (non-hydrogen) atoms. The van der Waals surface area contributed by atoms with Gasteiger partial charge in [0.2, 0.25) is 11.8 Å². The average molecular weight is 769 g/mol. The van der Waals surface area contributed by atoms with Crippen molar-refractivity contribution in [1.29, 1.82) is 0 Å². The van der Waals surface area contributed by atoms with Crippen LogP contribution in [0.15, 0.2) is 72.3 Å². The summed E-state index contributed by atoms with van der Waals surface area (Å²) in [5, 5.41) is 0.208. The molecule has 0 N–H and O–H groups in total. The Bertz CT molecular complexity index is 1730. The van der Waals surface area contributed by atoms with E-state index in [1.165, 1.54) is 6.42 Å². The molecular formula is C46H68N2O4Si2. The summed E-state index contributed by atoms with van der Waals surface area (Å²) in [6.07, 6.45) is 11.4. The molecule has 7 rings (SSSR count). The average Bonchev–Trinajstić information content (AvgIpc) is 3.38. The van der Waals surface area contributed by atoms with Crippen LogP contribution < -0.4 is 0 Å². The predicted molar refractivity (Wildman–Crippen MR) is 224 cm³/mol. The van der Waals surface area contributed by atoms with Crippen molar-refractivity contribution in [3.8, 4) is 0 Å². The molecule has 3 saturated carbocycles. The van der Waals surface area contributed by atoms with Gasteiger partial charge in [-0.3, -0.25) is 9.59 Å². The molecule has 1 heterocycles. The second-order valence-corrected chi connectivity index (χ2v) is 29.9. The molecule has 1 aliphatic heterocycles. The molecule has 5 aliphatic rings. The number of allylic oxidation sites excluding steroid dienone is 1. The Hall–Kier alpha value is -2.53. The summed E-state index contributed by atoms with van der Waals surface area (Å²) >= 11 is 0. The maximum atomic E-state index is 15.3. The van der Waals surface area contributed by atoms with Gasteiger partial charge in [-0.15, -0.1) is 0 Å². The first kappa shape index (κ1) is 39.7. The lowest BCUT2D eigenvalue weighted by molar-refractivity contribution is -0.187. The van der Waals surface area contributed by atoms with Crippen molar-refractivity contribution in [3.05, 3.63) is 83.4 Å². The number of amides is 2. The van der Waals surface area contributed by atoms with E-state index in [4.69, 9.17) is 8.85 Å². The van der Waals surface area contributed by atoms with Crippen molar-refractivity contribution in [3.63, 3.8) is 0 Å². The SMILES string of the molecule is CC(C)(C)[Si](C)(C)O[C@H]1CC[C@@]2(C)C(=CC[C@@H]3[C@@H]2CC[C@@]2(C)[C@H]3CC[C@]2(O[Si](C)(C)C)[C@H]2C(=O)N(Cc3ccccc3)CC(=O)N2Cc2ccccc2)C1. The Morgan fingerprint density at radius 3 is 2.02 bits per heavy atom. The van der Waals surface area contributed by atoms with Gasteiger partial charge in [0.15, 0.2) is 16.6 Å². The van der Waals surface area contributed by atoms with Crippen LogP contribution in [-0.2, 0) is 31.5 Å². The molecule has 294 valence electrons. The summed E-state index contributed by atoms with van der Waals surface area (Å²) in [5.41, 5.74) is 2.92. The van der Waals surface area contributed by atoms with Crippen molar-refractivity contribution >= 4 is 28.4 Å². The summed E-state index contributed by atoms with van der Waals surface area (Å²) in [7, 11) is -4.08. The highest BCUT2D eigenvalue weighted by atomic mass is 28.4. The van der Waals surface area contributed by atoms with Crippen LogP contribution in [0.2, 0.25) is 37.8 Å². The minimum absolute atomic E-state index is 0.0214. The number of hydrogen-bond acceptors (Lipinski definition) is 4. The summed E-state index contributed by atoms with van der Waals surface area (Å²) in [4.78, 5) is 33.7. The normalized spacial score (nSPS) is 34.6. The monoisotopic (exact) mass is 768 g/mol. The van der Waals surface area contributed by atoms with Crippen LogP contribution in [0.25, 0.3) is 0 Å². The summed E-state index contributed by atoms with van der Waals surface area (Å²) in [6.45, 7) is 24.7. The molecule has 2 aromatic rings. The van der Waals surface area contributed by atoms with E-state index >= 15 is 4.79 Å². The second-order valence-electron chi connectivity index (χ2n) is 20.7. The summed E-state index contributed by atoms with van der Waals surface area (Å²) in [5.74, 6) is 1.66. The van der Waals surface area contributed by atoms with Gasteiger partial charge in [-0.2, -0.15) is 0 Å². The van der Waals surface area contributed by atoms with Gasteiger partial charge in [-0.1, -0.05) is 107 Å². The molecule has 0 bridgehead atoms. The highest BCUT2D eigenvalue weighted by Gasteiger charge is 2.70. The lowest BCUT2D eigenvalue weighted by atomic mass is 9.46. The molecule has 4 aliphatic carbocycles. The first-order valence-corrected chi connectivity index (χ1v) is 27.3. The van der Waals surface area contributed by atoms with Crippen LogP contribution in [0, 0.1) is 28.6 Å². The van der Waals surface area contributed by atoms with Gasteiger partial charge >= 0.3 is 0 Å².